The Morgan fingerprint density at radius 1 is 1.44 bits per heavy atom. The molecule has 1 aromatic carbocycles. The van der Waals surface area contributed by atoms with Crippen LogP contribution in [0.2, 0.25) is 0 Å². The summed E-state index contributed by atoms with van der Waals surface area (Å²) in [7, 11) is 3.87. The Morgan fingerprint density at radius 3 is 2.96 bits per heavy atom. The van der Waals surface area contributed by atoms with E-state index in [0.29, 0.717) is 19.6 Å². The molecule has 0 amide bonds. The Labute approximate surface area is 159 Å². The van der Waals surface area contributed by atoms with E-state index in [1.54, 1.807) is 12.1 Å². The summed E-state index contributed by atoms with van der Waals surface area (Å²) in [5.74, 6) is 2.14. The second-order valence-corrected chi connectivity index (χ2v) is 6.86. The summed E-state index contributed by atoms with van der Waals surface area (Å²) >= 11 is 0. The topological polar surface area (TPSA) is 67.6 Å². The number of nitrogens with one attached hydrogen (secondary N) is 1. The first-order chi connectivity index (χ1) is 13.0. The molecule has 146 valence electrons. The highest BCUT2D eigenvalue weighted by atomic mass is 19.1. The monoisotopic (exact) mass is 374 g/mol. The molecule has 0 spiro atoms. The number of benzene rings is 1. The van der Waals surface area contributed by atoms with E-state index in [2.05, 4.69) is 15.5 Å². The van der Waals surface area contributed by atoms with Crippen molar-refractivity contribution in [3.8, 4) is 0 Å². The molecule has 0 radical (unpaired) electrons. The van der Waals surface area contributed by atoms with Crippen molar-refractivity contribution in [3.05, 3.63) is 47.3 Å². The Morgan fingerprint density at radius 2 is 2.30 bits per heavy atom. The summed E-state index contributed by atoms with van der Waals surface area (Å²) < 4.78 is 21.1. The molecule has 1 aromatic heterocycles. The van der Waals surface area contributed by atoms with E-state index < -0.39 is 0 Å². The molecule has 3 rings (SSSR count). The van der Waals surface area contributed by atoms with Crippen molar-refractivity contribution in [1.82, 2.24) is 25.0 Å². The number of nitrogens with zero attached hydrogens (tertiary/aromatic N) is 5. The van der Waals surface area contributed by atoms with Gasteiger partial charge in [-0.3, -0.25) is 0 Å². The lowest BCUT2D eigenvalue weighted by atomic mass is 10.2. The van der Waals surface area contributed by atoms with Gasteiger partial charge < -0.3 is 19.5 Å². The second-order valence-electron chi connectivity index (χ2n) is 6.86. The van der Waals surface area contributed by atoms with Crippen LogP contribution in [-0.4, -0.2) is 51.9 Å². The van der Waals surface area contributed by atoms with E-state index >= 15 is 0 Å². The lowest BCUT2D eigenvalue weighted by Gasteiger charge is -2.24. The SMILES string of the molecule is Cc1nnc(CN=C(NCC2CCCO2)N(C)Cc2cccc(F)c2)n1C. The number of guanidine groups is 1. The minimum Gasteiger partial charge on any atom is -0.376 e. The second kappa shape index (κ2) is 8.94. The molecule has 2 aromatic rings. The van der Waals surface area contributed by atoms with Crippen molar-refractivity contribution in [2.45, 2.75) is 39.0 Å². The van der Waals surface area contributed by atoms with Gasteiger partial charge >= 0.3 is 0 Å². The molecule has 8 heteroatoms. The first-order valence-corrected chi connectivity index (χ1v) is 9.23. The van der Waals surface area contributed by atoms with Crippen LogP contribution >= 0.6 is 0 Å². The van der Waals surface area contributed by atoms with Gasteiger partial charge in [0.2, 0.25) is 0 Å². The quantitative estimate of drug-likeness (QED) is 0.619. The predicted molar refractivity (Wildman–Crippen MR) is 102 cm³/mol. The van der Waals surface area contributed by atoms with E-state index in [4.69, 9.17) is 9.73 Å². The predicted octanol–water partition coefficient (Wildman–Crippen LogP) is 2.02. The highest BCUT2D eigenvalue weighted by molar-refractivity contribution is 5.79. The fraction of sp³-hybridized carbons (Fsp3) is 0.526. The Hall–Kier alpha value is -2.48. The molecule has 1 atom stereocenters. The third-order valence-electron chi connectivity index (χ3n) is 4.74. The standard InChI is InChI=1S/C19H27FN6O/c1-14-23-24-18(26(14)3)12-22-19(21-11-17-8-5-9-27-17)25(2)13-15-6-4-7-16(20)10-15/h4,6-7,10,17H,5,8-9,11-13H2,1-3H3,(H,21,22). The summed E-state index contributed by atoms with van der Waals surface area (Å²) in [5.41, 5.74) is 0.888. The first kappa shape index (κ1) is 19.3. The molecule has 1 unspecified atom stereocenters. The van der Waals surface area contributed by atoms with E-state index in [0.717, 1.165) is 42.6 Å². The molecule has 0 aliphatic carbocycles. The number of aromatic nitrogens is 3. The van der Waals surface area contributed by atoms with Gasteiger partial charge in [-0.05, 0) is 37.5 Å². The maximum absolute atomic E-state index is 13.5. The highest BCUT2D eigenvalue weighted by Crippen LogP contribution is 2.11. The van der Waals surface area contributed by atoms with Crippen molar-refractivity contribution >= 4 is 5.96 Å². The molecular formula is C19H27FN6O. The largest absolute Gasteiger partial charge is 0.376 e. The summed E-state index contributed by atoms with van der Waals surface area (Å²) in [5, 5.41) is 11.6. The molecule has 1 aliphatic heterocycles. The van der Waals surface area contributed by atoms with Crippen LogP contribution in [0.1, 0.15) is 30.1 Å². The van der Waals surface area contributed by atoms with E-state index in [1.807, 2.05) is 36.6 Å². The average molecular weight is 374 g/mol. The third kappa shape index (κ3) is 5.26. The number of aliphatic imine (C=N–C) groups is 1. The Kier molecular flexibility index (Phi) is 6.39. The summed E-state index contributed by atoms with van der Waals surface area (Å²) in [6, 6.07) is 6.62. The maximum Gasteiger partial charge on any atom is 0.194 e. The first-order valence-electron chi connectivity index (χ1n) is 9.23. The van der Waals surface area contributed by atoms with Crippen LogP contribution < -0.4 is 5.32 Å². The van der Waals surface area contributed by atoms with E-state index in [9.17, 15) is 4.39 Å². The smallest absolute Gasteiger partial charge is 0.194 e. The Bertz CT molecular complexity index is 784. The molecule has 1 aliphatic rings. The minimum atomic E-state index is -0.235. The van der Waals surface area contributed by atoms with Gasteiger partial charge in [-0.15, -0.1) is 10.2 Å². The van der Waals surface area contributed by atoms with Crippen molar-refractivity contribution in [1.29, 1.82) is 0 Å². The molecule has 0 bridgehead atoms. The van der Waals surface area contributed by atoms with Crippen molar-refractivity contribution < 1.29 is 9.13 Å². The molecule has 7 nitrogen and oxygen atoms in total. The summed E-state index contributed by atoms with van der Waals surface area (Å²) in [6.07, 6.45) is 2.35. The van der Waals surface area contributed by atoms with E-state index in [1.165, 1.54) is 6.07 Å². The van der Waals surface area contributed by atoms with Crippen molar-refractivity contribution in [2.75, 3.05) is 20.2 Å². The number of ether oxygens (including phenoxy) is 1. The number of hydrogen-bond acceptors (Lipinski definition) is 4. The average Bonchev–Trinajstić information content (AvgIpc) is 3.26. The van der Waals surface area contributed by atoms with Crippen LogP contribution in [0.3, 0.4) is 0 Å². The van der Waals surface area contributed by atoms with Gasteiger partial charge in [0, 0.05) is 33.8 Å². The molecule has 1 N–H and O–H groups in total. The third-order valence-corrected chi connectivity index (χ3v) is 4.74. The van der Waals surface area contributed by atoms with Crippen LogP contribution in [0.25, 0.3) is 0 Å². The minimum absolute atomic E-state index is 0.204. The van der Waals surface area contributed by atoms with Gasteiger partial charge in [-0.1, -0.05) is 12.1 Å². The van der Waals surface area contributed by atoms with Gasteiger partial charge in [-0.25, -0.2) is 9.38 Å². The number of rotatable bonds is 6. The van der Waals surface area contributed by atoms with Crippen LogP contribution in [0.15, 0.2) is 29.3 Å². The Balaban J connectivity index is 1.70. The van der Waals surface area contributed by atoms with Crippen LogP contribution in [0.5, 0.6) is 0 Å². The van der Waals surface area contributed by atoms with Gasteiger partial charge in [0.05, 0.1) is 6.10 Å². The van der Waals surface area contributed by atoms with Crippen LogP contribution in [0, 0.1) is 12.7 Å². The zero-order valence-corrected chi connectivity index (χ0v) is 16.2. The fourth-order valence-corrected chi connectivity index (χ4v) is 3.04. The highest BCUT2D eigenvalue weighted by Gasteiger charge is 2.17. The van der Waals surface area contributed by atoms with Crippen molar-refractivity contribution in [3.63, 3.8) is 0 Å². The number of hydrogen-bond donors (Lipinski definition) is 1. The van der Waals surface area contributed by atoms with Gasteiger partial charge in [0.1, 0.15) is 18.2 Å². The zero-order chi connectivity index (χ0) is 19.2. The van der Waals surface area contributed by atoms with E-state index in [-0.39, 0.29) is 11.9 Å². The molecule has 2 heterocycles. The number of aryl methyl sites for hydroxylation is 1. The summed E-state index contributed by atoms with van der Waals surface area (Å²) in [4.78, 5) is 6.69. The van der Waals surface area contributed by atoms with Crippen molar-refractivity contribution in [2.24, 2.45) is 12.0 Å². The van der Waals surface area contributed by atoms with Crippen LogP contribution in [0.4, 0.5) is 4.39 Å². The van der Waals surface area contributed by atoms with Crippen LogP contribution in [-0.2, 0) is 24.9 Å². The molecule has 1 fully saturated rings. The maximum atomic E-state index is 13.5. The lowest BCUT2D eigenvalue weighted by Crippen LogP contribution is -2.42. The lowest BCUT2D eigenvalue weighted by molar-refractivity contribution is 0.113. The molecular weight excluding hydrogens is 347 g/mol. The summed E-state index contributed by atoms with van der Waals surface area (Å²) in [6.45, 7) is 4.39. The van der Waals surface area contributed by atoms with Gasteiger partial charge in [-0.2, -0.15) is 0 Å². The normalized spacial score (nSPS) is 17.3. The zero-order valence-electron chi connectivity index (χ0n) is 16.2. The molecule has 27 heavy (non-hydrogen) atoms. The molecule has 0 saturated carbocycles. The van der Waals surface area contributed by atoms with Gasteiger partial charge in [0.25, 0.3) is 0 Å². The number of halogens is 1. The van der Waals surface area contributed by atoms with Gasteiger partial charge in [0.15, 0.2) is 11.8 Å². The molecule has 1 saturated heterocycles. The fourth-order valence-electron chi connectivity index (χ4n) is 3.04.